The van der Waals surface area contributed by atoms with E-state index in [0.29, 0.717) is 48.9 Å². The van der Waals surface area contributed by atoms with E-state index < -0.39 is 12.3 Å². The summed E-state index contributed by atoms with van der Waals surface area (Å²) in [5, 5.41) is 7.82. The molecule has 3 fully saturated rings. The van der Waals surface area contributed by atoms with Crippen molar-refractivity contribution in [1.29, 1.82) is 0 Å². The van der Waals surface area contributed by atoms with Crippen molar-refractivity contribution in [1.82, 2.24) is 25.1 Å². The van der Waals surface area contributed by atoms with Crippen molar-refractivity contribution in [2.45, 2.75) is 96.2 Å². The summed E-state index contributed by atoms with van der Waals surface area (Å²) >= 11 is 0. The van der Waals surface area contributed by atoms with Gasteiger partial charge in [-0.15, -0.1) is 0 Å². The lowest BCUT2D eigenvalue weighted by atomic mass is 9.76. The molecule has 0 bridgehead atoms. The Labute approximate surface area is 307 Å². The fourth-order valence-corrected chi connectivity index (χ4v) is 7.70. The fourth-order valence-electron chi connectivity index (χ4n) is 7.70. The summed E-state index contributed by atoms with van der Waals surface area (Å²) in [6.45, 7) is 7.51. The van der Waals surface area contributed by atoms with Gasteiger partial charge in [-0.1, -0.05) is 24.3 Å². The van der Waals surface area contributed by atoms with Gasteiger partial charge in [0.1, 0.15) is 23.7 Å². The summed E-state index contributed by atoms with van der Waals surface area (Å²) in [4.78, 5) is 23.3. The molecule has 53 heavy (non-hydrogen) atoms. The minimum Gasteiger partial charge on any atom is -0.491 e. The minimum atomic E-state index is -4.82. The molecule has 2 aromatic heterocycles. The third kappa shape index (κ3) is 8.37. The number of nitrogens with two attached hydrogens (primary N) is 1. The van der Waals surface area contributed by atoms with Crippen molar-refractivity contribution < 1.29 is 32.2 Å². The molecular weight excluding hydrogens is 687 g/mol. The van der Waals surface area contributed by atoms with Crippen LogP contribution in [-0.4, -0.2) is 69.8 Å². The van der Waals surface area contributed by atoms with Crippen LogP contribution >= 0.6 is 0 Å². The van der Waals surface area contributed by atoms with Crippen LogP contribution < -0.4 is 25.4 Å². The van der Waals surface area contributed by atoms with E-state index in [9.17, 15) is 18.0 Å². The van der Waals surface area contributed by atoms with Crippen molar-refractivity contribution in [2.24, 2.45) is 5.41 Å². The first-order chi connectivity index (χ1) is 25.3. The highest BCUT2D eigenvalue weighted by Gasteiger charge is 2.46. The zero-order valence-corrected chi connectivity index (χ0v) is 30.2. The molecule has 2 aliphatic heterocycles. The monoisotopic (exact) mass is 733 g/mol. The van der Waals surface area contributed by atoms with Gasteiger partial charge in [-0.05, 0) is 107 Å². The summed E-state index contributed by atoms with van der Waals surface area (Å²) in [6, 6.07) is 14.9. The van der Waals surface area contributed by atoms with Gasteiger partial charge < -0.3 is 30.2 Å². The molecule has 2 atom stereocenters. The SMILES string of the molecule is Cc1ccn(-c2cc(-c3ccc(OC(C)C)cc3)ccc2[C@@H](Oc2cc(N3CCC4(CC3)CN[C@H](C(=O)OC3CCCC3)C4)nc(N)n2)C(F)(F)F)n1. The van der Waals surface area contributed by atoms with Crippen LogP contribution in [0.4, 0.5) is 24.9 Å². The predicted octanol–water partition coefficient (Wildman–Crippen LogP) is 7.12. The number of alkyl halides is 3. The number of nitrogens with one attached hydrogen (secondary N) is 1. The molecule has 3 aliphatic rings. The lowest BCUT2D eigenvalue weighted by molar-refractivity contribution is -0.198. The zero-order chi connectivity index (χ0) is 37.3. The van der Waals surface area contributed by atoms with Gasteiger partial charge in [-0.3, -0.25) is 4.79 Å². The van der Waals surface area contributed by atoms with Crippen LogP contribution in [0.3, 0.4) is 0 Å². The van der Waals surface area contributed by atoms with Crippen molar-refractivity contribution in [3.63, 3.8) is 0 Å². The number of hydrogen-bond donors (Lipinski definition) is 2. The van der Waals surface area contributed by atoms with Crippen LogP contribution in [0.1, 0.15) is 76.2 Å². The summed E-state index contributed by atoms with van der Waals surface area (Å²) < 4.78 is 63.7. The number of aryl methyl sites for hydroxylation is 1. The van der Waals surface area contributed by atoms with Gasteiger partial charge in [-0.2, -0.15) is 28.2 Å². The second kappa shape index (κ2) is 14.9. The van der Waals surface area contributed by atoms with E-state index in [2.05, 4.69) is 20.4 Å². The highest BCUT2D eigenvalue weighted by Crippen LogP contribution is 2.43. The molecule has 4 aromatic rings. The van der Waals surface area contributed by atoms with Gasteiger partial charge >= 0.3 is 12.1 Å². The van der Waals surface area contributed by atoms with Crippen molar-refractivity contribution in [3.05, 3.63) is 72.1 Å². The van der Waals surface area contributed by atoms with Gasteiger partial charge in [0.05, 0.1) is 17.5 Å². The molecule has 1 saturated carbocycles. The van der Waals surface area contributed by atoms with Crippen molar-refractivity contribution in [3.8, 4) is 28.4 Å². The Morgan fingerprint density at radius 2 is 1.70 bits per heavy atom. The number of esters is 1. The van der Waals surface area contributed by atoms with Crippen LogP contribution in [0.25, 0.3) is 16.8 Å². The first-order valence-corrected chi connectivity index (χ1v) is 18.3. The third-order valence-electron chi connectivity index (χ3n) is 10.5. The number of hydrogen-bond acceptors (Lipinski definition) is 10. The van der Waals surface area contributed by atoms with E-state index in [0.717, 1.165) is 44.1 Å². The van der Waals surface area contributed by atoms with Crippen molar-refractivity contribution >= 4 is 17.7 Å². The van der Waals surface area contributed by atoms with Crippen LogP contribution in [0.15, 0.2) is 60.8 Å². The molecule has 7 rings (SSSR count). The van der Waals surface area contributed by atoms with Gasteiger partial charge in [0.2, 0.25) is 17.9 Å². The fraction of sp³-hybridized carbons (Fsp3) is 0.487. The number of aromatic nitrogens is 4. The van der Waals surface area contributed by atoms with E-state index in [1.54, 1.807) is 31.3 Å². The summed E-state index contributed by atoms with van der Waals surface area (Å²) in [5.41, 5.74) is 8.20. The van der Waals surface area contributed by atoms with Gasteiger partial charge in [0.15, 0.2) is 0 Å². The van der Waals surface area contributed by atoms with Crippen LogP contribution in [-0.2, 0) is 9.53 Å². The van der Waals surface area contributed by atoms with E-state index in [-0.39, 0.29) is 52.7 Å². The second-order valence-corrected chi connectivity index (χ2v) is 14.8. The van der Waals surface area contributed by atoms with E-state index >= 15 is 0 Å². The number of benzene rings is 2. The number of ether oxygens (including phenoxy) is 3. The molecule has 1 spiro atoms. The molecular formula is C39H46F3N7O4. The quantitative estimate of drug-likeness (QED) is 0.163. The molecule has 3 N–H and O–H groups in total. The Morgan fingerprint density at radius 1 is 0.981 bits per heavy atom. The maximum Gasteiger partial charge on any atom is 0.429 e. The average Bonchev–Trinajstić information content (AvgIpc) is 3.89. The largest absolute Gasteiger partial charge is 0.491 e. The lowest BCUT2D eigenvalue weighted by Gasteiger charge is -2.39. The molecule has 4 heterocycles. The Morgan fingerprint density at radius 3 is 2.36 bits per heavy atom. The standard InChI is InChI=1S/C39H46F3N7O4/c1-24(2)51-29-11-8-26(9-12-29)27-10-13-30(32(20-27)49-17-14-25(3)47-49)35(39(40,41)42)53-34-21-33(45-37(43)46-34)48-18-15-38(16-19-48)22-31(44-23-38)36(50)52-28-6-4-5-7-28/h8-14,17,20-21,24,28,31,35,44H,4-7,15-16,18-19,22-23H2,1-3H3,(H2,43,45,46)/t31-,35+/m0/s1. The topological polar surface area (TPSA) is 130 Å². The minimum absolute atomic E-state index is 0.00408. The number of carbonyl (C=O) groups excluding carboxylic acids is 1. The molecule has 0 radical (unpaired) electrons. The number of anilines is 2. The van der Waals surface area contributed by atoms with Crippen LogP contribution in [0.2, 0.25) is 0 Å². The van der Waals surface area contributed by atoms with Gasteiger partial charge in [0, 0.05) is 37.5 Å². The van der Waals surface area contributed by atoms with Gasteiger partial charge in [0.25, 0.3) is 0 Å². The van der Waals surface area contributed by atoms with Crippen LogP contribution in [0.5, 0.6) is 11.6 Å². The molecule has 1 aliphatic carbocycles. The van der Waals surface area contributed by atoms with Gasteiger partial charge in [-0.25, -0.2) is 4.68 Å². The average molecular weight is 734 g/mol. The number of nitrogen functional groups attached to an aromatic ring is 1. The Hall–Kier alpha value is -4.85. The first-order valence-electron chi connectivity index (χ1n) is 18.3. The summed E-state index contributed by atoms with van der Waals surface area (Å²) in [5.74, 6) is 0.419. The molecule has 14 heteroatoms. The number of carbonyl (C=O) groups is 1. The predicted molar refractivity (Wildman–Crippen MR) is 194 cm³/mol. The molecule has 0 amide bonds. The second-order valence-electron chi connectivity index (χ2n) is 14.8. The lowest BCUT2D eigenvalue weighted by Crippen LogP contribution is -2.41. The Bertz CT molecular complexity index is 1900. The molecule has 0 unspecified atom stereocenters. The summed E-state index contributed by atoms with van der Waals surface area (Å²) in [7, 11) is 0. The molecule has 11 nitrogen and oxygen atoms in total. The highest BCUT2D eigenvalue weighted by atomic mass is 19.4. The maximum absolute atomic E-state index is 15.0. The third-order valence-corrected chi connectivity index (χ3v) is 10.5. The number of halogens is 3. The summed E-state index contributed by atoms with van der Waals surface area (Å²) in [6.07, 6.45) is 0.702. The molecule has 282 valence electrons. The normalized spacial score (nSPS) is 19.5. The molecule has 2 saturated heterocycles. The van der Waals surface area contributed by atoms with E-state index in [1.807, 2.05) is 43.0 Å². The Balaban J connectivity index is 1.10. The van der Waals surface area contributed by atoms with E-state index in [1.165, 1.54) is 16.8 Å². The smallest absolute Gasteiger partial charge is 0.429 e. The molecule has 2 aromatic carbocycles. The van der Waals surface area contributed by atoms with E-state index in [4.69, 9.17) is 19.9 Å². The zero-order valence-electron chi connectivity index (χ0n) is 30.2. The first kappa shape index (κ1) is 36.5. The number of piperidine rings is 1. The number of nitrogens with zero attached hydrogens (tertiary/aromatic N) is 5. The Kier molecular flexibility index (Phi) is 10.2. The van der Waals surface area contributed by atoms with Crippen molar-refractivity contribution in [2.75, 3.05) is 30.3 Å². The van der Waals surface area contributed by atoms with Crippen LogP contribution in [0, 0.1) is 12.3 Å². The number of rotatable bonds is 10. The highest BCUT2D eigenvalue weighted by molar-refractivity contribution is 5.76. The maximum atomic E-state index is 15.0.